The van der Waals surface area contributed by atoms with Crippen LogP contribution in [0, 0.1) is 0 Å². The smallest absolute Gasteiger partial charge is 0.294 e. The lowest BCUT2D eigenvalue weighted by atomic mass is 10.4. The number of hydrogen-bond donors (Lipinski definition) is 0. The van der Waals surface area contributed by atoms with Gasteiger partial charge >= 0.3 is 0 Å². The van der Waals surface area contributed by atoms with Crippen molar-refractivity contribution in [1.29, 1.82) is 0 Å². The minimum Gasteiger partial charge on any atom is -0.517 e. The van der Waals surface area contributed by atoms with E-state index in [2.05, 4.69) is 0 Å². The molecule has 0 spiro atoms. The Balaban J connectivity index is 3.99. The second-order valence-corrected chi connectivity index (χ2v) is 5.41. The molecule has 0 aliphatic rings. The van der Waals surface area contributed by atoms with Gasteiger partial charge in [0.05, 0.1) is 0 Å². The molecule has 90 valence electrons. The van der Waals surface area contributed by atoms with Gasteiger partial charge in [0.15, 0.2) is 5.91 Å². The maximum Gasteiger partial charge on any atom is 0.294 e. The molecule has 0 aliphatic carbocycles. The first kappa shape index (κ1) is 14.6. The molecule has 0 fully saturated rings. The van der Waals surface area contributed by atoms with Gasteiger partial charge in [0, 0.05) is 19.6 Å². The molecular weight excluding hydrogens is 212 g/mol. The van der Waals surface area contributed by atoms with Crippen LogP contribution in [0.4, 0.5) is 0 Å². The fraction of sp³-hybridized carbons (Fsp3) is 0.900. The van der Waals surface area contributed by atoms with Crippen LogP contribution >= 0.6 is 0 Å². The van der Waals surface area contributed by atoms with Crippen molar-refractivity contribution < 1.29 is 18.7 Å². The van der Waals surface area contributed by atoms with Gasteiger partial charge in [0.25, 0.3) is 15.0 Å². The molecule has 0 rings (SSSR count). The molecular formula is C10H22O4Si. The van der Waals surface area contributed by atoms with Crippen molar-refractivity contribution in [2.45, 2.75) is 46.1 Å². The molecule has 1 atom stereocenters. The molecule has 15 heavy (non-hydrogen) atoms. The molecule has 0 radical (unpaired) electrons. The lowest BCUT2D eigenvalue weighted by Gasteiger charge is -2.22. The summed E-state index contributed by atoms with van der Waals surface area (Å²) in [6, 6.07) is 0. The monoisotopic (exact) mass is 234 g/mol. The number of carbonyl (C=O) groups is 1. The molecule has 0 aliphatic heterocycles. The van der Waals surface area contributed by atoms with E-state index in [-0.39, 0.29) is 11.9 Å². The molecule has 0 N–H and O–H groups in total. The highest BCUT2D eigenvalue weighted by atomic mass is 28.3. The molecule has 0 aromatic heterocycles. The molecule has 0 saturated heterocycles. The molecule has 0 aromatic rings. The van der Waals surface area contributed by atoms with E-state index in [1.807, 2.05) is 27.3 Å². The first-order chi connectivity index (χ1) is 7.15. The average molecular weight is 234 g/mol. The third-order valence-electron chi connectivity index (χ3n) is 1.82. The van der Waals surface area contributed by atoms with Gasteiger partial charge in [-0.25, -0.2) is 0 Å². The number of ether oxygens (including phenoxy) is 2. The van der Waals surface area contributed by atoms with E-state index in [4.69, 9.17) is 13.9 Å². The number of rotatable bonds is 8. The van der Waals surface area contributed by atoms with Crippen LogP contribution < -0.4 is 0 Å². The van der Waals surface area contributed by atoms with Crippen molar-refractivity contribution in [3.8, 4) is 0 Å². The summed E-state index contributed by atoms with van der Waals surface area (Å²) in [6.45, 7) is 8.84. The van der Waals surface area contributed by atoms with Crippen LogP contribution in [0.5, 0.6) is 0 Å². The summed E-state index contributed by atoms with van der Waals surface area (Å²) >= 11 is 0. The molecule has 4 nitrogen and oxygen atoms in total. The van der Waals surface area contributed by atoms with Crippen molar-refractivity contribution >= 4 is 15.0 Å². The van der Waals surface area contributed by atoms with Crippen molar-refractivity contribution in [3.63, 3.8) is 0 Å². The van der Waals surface area contributed by atoms with E-state index in [0.29, 0.717) is 19.6 Å². The topological polar surface area (TPSA) is 44.8 Å². The molecule has 5 heteroatoms. The summed E-state index contributed by atoms with van der Waals surface area (Å²) < 4.78 is 16.1. The maximum absolute atomic E-state index is 11.3. The predicted molar refractivity (Wildman–Crippen MR) is 61.1 cm³/mol. The van der Waals surface area contributed by atoms with E-state index in [0.717, 1.165) is 6.42 Å². The highest BCUT2D eigenvalue weighted by molar-refractivity contribution is 6.53. The van der Waals surface area contributed by atoms with Crippen LogP contribution in [0.3, 0.4) is 0 Å². The highest BCUT2D eigenvalue weighted by Gasteiger charge is 2.23. The summed E-state index contributed by atoms with van der Waals surface area (Å²) in [4.78, 5) is 11.3. The Labute approximate surface area is 93.6 Å². The molecule has 1 unspecified atom stereocenters. The first-order valence-electron chi connectivity index (χ1n) is 5.58. The largest absolute Gasteiger partial charge is 0.517 e. The Bertz CT molecular complexity index is 169. The van der Waals surface area contributed by atoms with E-state index >= 15 is 0 Å². The SMILES string of the molecule is CCCC(=O)O[SiH](C)C(OCC)OCC. The fourth-order valence-electron chi connectivity index (χ4n) is 1.17. The standard InChI is InChI=1S/C10H22O4Si/c1-5-8-9(11)14-15(4)10(12-6-2)13-7-3/h10,15H,5-8H2,1-4H3. The van der Waals surface area contributed by atoms with Crippen LogP contribution in [0.2, 0.25) is 6.55 Å². The van der Waals surface area contributed by atoms with Gasteiger partial charge in [0.2, 0.25) is 0 Å². The van der Waals surface area contributed by atoms with Crippen LogP contribution in [-0.4, -0.2) is 34.1 Å². The Morgan fingerprint density at radius 2 is 1.73 bits per heavy atom. The van der Waals surface area contributed by atoms with E-state index in [1.54, 1.807) is 0 Å². The zero-order valence-corrected chi connectivity index (χ0v) is 11.3. The third-order valence-corrected chi connectivity index (χ3v) is 3.60. The normalized spacial score (nSPS) is 12.9. The van der Waals surface area contributed by atoms with Gasteiger partial charge in [-0.3, -0.25) is 4.79 Å². The van der Waals surface area contributed by atoms with Crippen LogP contribution in [-0.2, 0) is 18.7 Å². The fourth-order valence-corrected chi connectivity index (χ4v) is 2.74. The first-order valence-corrected chi connectivity index (χ1v) is 7.87. The zero-order valence-electron chi connectivity index (χ0n) is 10.1. The summed E-state index contributed by atoms with van der Waals surface area (Å²) in [5.41, 5.74) is 0. The molecule has 0 bridgehead atoms. The second kappa shape index (κ2) is 8.88. The second-order valence-electron chi connectivity index (χ2n) is 3.22. The minimum absolute atomic E-state index is 0.138. The van der Waals surface area contributed by atoms with E-state index < -0.39 is 9.04 Å². The van der Waals surface area contributed by atoms with Gasteiger partial charge in [-0.15, -0.1) is 0 Å². The van der Waals surface area contributed by atoms with Crippen molar-refractivity contribution in [3.05, 3.63) is 0 Å². The Hall–Kier alpha value is -0.393. The number of carbonyl (C=O) groups excluding carboxylic acids is 1. The van der Waals surface area contributed by atoms with Gasteiger partial charge < -0.3 is 13.9 Å². The summed E-state index contributed by atoms with van der Waals surface area (Å²) in [7, 11) is -1.74. The Morgan fingerprint density at radius 1 is 1.20 bits per heavy atom. The van der Waals surface area contributed by atoms with Crippen LogP contribution in [0.25, 0.3) is 0 Å². The van der Waals surface area contributed by atoms with Crippen molar-refractivity contribution in [2.24, 2.45) is 0 Å². The highest BCUT2D eigenvalue weighted by Crippen LogP contribution is 2.04. The van der Waals surface area contributed by atoms with E-state index in [1.165, 1.54) is 0 Å². The van der Waals surface area contributed by atoms with Crippen molar-refractivity contribution in [1.82, 2.24) is 0 Å². The molecule has 0 saturated carbocycles. The van der Waals surface area contributed by atoms with Crippen molar-refractivity contribution in [2.75, 3.05) is 13.2 Å². The predicted octanol–water partition coefficient (Wildman–Crippen LogP) is 1.62. The summed E-state index contributed by atoms with van der Waals surface area (Å²) in [5, 5.41) is 0. The minimum atomic E-state index is -1.74. The van der Waals surface area contributed by atoms with Gasteiger partial charge in [-0.05, 0) is 26.8 Å². The quantitative estimate of drug-likeness (QED) is 0.473. The van der Waals surface area contributed by atoms with Crippen LogP contribution in [0.1, 0.15) is 33.6 Å². The third kappa shape index (κ3) is 6.65. The lowest BCUT2D eigenvalue weighted by Crippen LogP contribution is -2.37. The zero-order chi connectivity index (χ0) is 11.7. The summed E-state index contributed by atoms with van der Waals surface area (Å²) in [5.74, 6) is -0.457. The van der Waals surface area contributed by atoms with Gasteiger partial charge in [-0.2, -0.15) is 0 Å². The Morgan fingerprint density at radius 3 is 2.13 bits per heavy atom. The average Bonchev–Trinajstić information content (AvgIpc) is 2.17. The van der Waals surface area contributed by atoms with Gasteiger partial charge in [0.1, 0.15) is 0 Å². The van der Waals surface area contributed by atoms with Gasteiger partial charge in [-0.1, -0.05) is 6.92 Å². The lowest BCUT2D eigenvalue weighted by molar-refractivity contribution is -0.138. The van der Waals surface area contributed by atoms with Crippen LogP contribution in [0.15, 0.2) is 0 Å². The summed E-state index contributed by atoms with van der Waals surface area (Å²) in [6.07, 6.45) is 1.29. The Kier molecular flexibility index (Phi) is 8.65. The molecule has 0 aromatic carbocycles. The maximum atomic E-state index is 11.3. The molecule has 0 amide bonds. The molecule has 0 heterocycles. The number of hydrogen-bond acceptors (Lipinski definition) is 4. The van der Waals surface area contributed by atoms with E-state index in [9.17, 15) is 4.79 Å².